The molecule has 7 aromatic rings. The number of hydrogen-bond donors (Lipinski definition) is 10. The summed E-state index contributed by atoms with van der Waals surface area (Å²) in [6.07, 6.45) is 10.0. The van der Waals surface area contributed by atoms with Crippen LogP contribution in [0.1, 0.15) is 137 Å². The number of para-hydroxylation sites is 1. The molecule has 13 rings (SSSR count). The molecule has 0 unspecified atom stereocenters. The van der Waals surface area contributed by atoms with Crippen molar-refractivity contribution in [2.24, 2.45) is 35.0 Å². The molecule has 16 nitrogen and oxygen atoms in total. The number of carbonyl (C=O) groups excluding carboxylic acids is 2. The highest BCUT2D eigenvalue weighted by atomic mass is 16.5. The number of rotatable bonds is 13. The number of Topliss-reactive ketones (excluding diaryl/α,β-unsaturated/α-hetero) is 1. The number of ether oxygens (including phenoxy) is 3. The highest BCUT2D eigenvalue weighted by Crippen LogP contribution is 2.70. The first-order valence-corrected chi connectivity index (χ1v) is 31.9. The zero-order chi connectivity index (χ0) is 61.0. The van der Waals surface area contributed by atoms with Gasteiger partial charge in [0.05, 0.1) is 54.4 Å². The van der Waals surface area contributed by atoms with E-state index in [0.29, 0.717) is 51.4 Å². The summed E-state index contributed by atoms with van der Waals surface area (Å²) >= 11 is 0. The lowest BCUT2D eigenvalue weighted by atomic mass is 9.47. The Hall–Kier alpha value is -7.52. The van der Waals surface area contributed by atoms with Crippen molar-refractivity contribution in [2.45, 2.75) is 152 Å². The lowest BCUT2D eigenvalue weighted by molar-refractivity contribution is -0.149. The van der Waals surface area contributed by atoms with Crippen molar-refractivity contribution in [1.29, 1.82) is 0 Å². The number of carbonyl (C=O) groups is 2. The number of esters is 1. The average molecular weight is 1200 g/mol. The quantitative estimate of drug-likeness (QED) is 0.0382. The van der Waals surface area contributed by atoms with Crippen LogP contribution in [-0.4, -0.2) is 119 Å². The van der Waals surface area contributed by atoms with Crippen molar-refractivity contribution >= 4 is 39.3 Å². The molecule has 6 aliphatic rings. The van der Waals surface area contributed by atoms with Gasteiger partial charge in [0.2, 0.25) is 0 Å². The van der Waals surface area contributed by atoms with Crippen LogP contribution in [0.25, 0.3) is 38.8 Å². The smallest absolute Gasteiger partial charge is 0.318 e. The third-order valence-corrected chi connectivity index (χ3v) is 21.3. The van der Waals surface area contributed by atoms with E-state index >= 15 is 4.79 Å². The van der Waals surface area contributed by atoms with Crippen molar-refractivity contribution in [1.82, 2.24) is 19.9 Å². The van der Waals surface area contributed by atoms with Crippen molar-refractivity contribution in [3.05, 3.63) is 131 Å². The molecule has 4 aromatic carbocycles. The molecule has 462 valence electrons. The number of H-pyrrole nitrogens is 2. The number of fused-ring (bicyclic) bond motifs is 10. The fraction of sp³-hybridized carbons (Fsp3) is 0.472. The Morgan fingerprint density at radius 2 is 1.70 bits per heavy atom. The van der Waals surface area contributed by atoms with Crippen molar-refractivity contribution in [2.75, 3.05) is 26.9 Å². The maximum atomic E-state index is 15.6. The SMILES string of the molecule is COc1cc2c(cc1O)C1=C[C@H]3C[C@]4(C[C@@H](CCCO)[C@@]5(C4)N[C@@H]([C@H](C)O)CC[C@@H]5n4c(-c5cccc(O)c5)cc5[nH]ccc54)[C@@H]4C[C@H](O)CC[C@H]4[C@@H]3[C@@H]2CC(=O)C[C@@H](CCc2ccc(O)c(OCCO)c2)OC(=O)CC#CCc2c1[nH]c1ccccc21. The van der Waals surface area contributed by atoms with Crippen LogP contribution >= 0.6 is 0 Å². The minimum atomic E-state index is -0.824. The number of benzene rings is 4. The molecule has 16 heteroatoms. The van der Waals surface area contributed by atoms with Crippen molar-refractivity contribution in [3.63, 3.8) is 0 Å². The van der Waals surface area contributed by atoms with Gasteiger partial charge in [-0.15, -0.1) is 0 Å². The number of aliphatic hydroxyl groups is 4. The van der Waals surface area contributed by atoms with Crippen LogP contribution in [0.2, 0.25) is 0 Å². The lowest BCUT2D eigenvalue weighted by Crippen LogP contribution is -2.64. The first-order valence-electron chi connectivity index (χ1n) is 31.9. The lowest BCUT2D eigenvalue weighted by Gasteiger charge is -2.58. The van der Waals surface area contributed by atoms with E-state index in [-0.39, 0.29) is 122 Å². The number of ketones is 1. The zero-order valence-electron chi connectivity index (χ0n) is 50.2. The molecule has 2 bridgehead atoms. The number of nitrogens with one attached hydrogen (secondary N) is 3. The number of aromatic amines is 2. The van der Waals surface area contributed by atoms with Crippen LogP contribution in [0, 0.1) is 46.8 Å². The van der Waals surface area contributed by atoms with Crippen LogP contribution in [0.15, 0.2) is 103 Å². The Morgan fingerprint density at radius 1 is 0.852 bits per heavy atom. The normalized spacial score (nSPS) is 29.1. The van der Waals surface area contributed by atoms with Crippen LogP contribution in [0.4, 0.5) is 0 Å². The molecular weight excluding hydrogens is 1110 g/mol. The molecule has 5 heterocycles. The Balaban J connectivity index is 0.986. The molecule has 0 amide bonds. The largest absolute Gasteiger partial charge is 0.508 e. The van der Waals surface area contributed by atoms with Crippen LogP contribution < -0.4 is 14.8 Å². The van der Waals surface area contributed by atoms with Crippen LogP contribution in [0.5, 0.6) is 28.7 Å². The van der Waals surface area contributed by atoms with Crippen molar-refractivity contribution in [3.8, 4) is 51.8 Å². The van der Waals surface area contributed by atoms with Gasteiger partial charge in [-0.25, -0.2) is 0 Å². The summed E-state index contributed by atoms with van der Waals surface area (Å²) in [5.41, 5.74) is 8.86. The Bertz CT molecular complexity index is 3850. The van der Waals surface area contributed by atoms with Gasteiger partial charge in [-0.2, -0.15) is 0 Å². The molecule has 4 aliphatic carbocycles. The number of hydrogen-bond acceptors (Lipinski definition) is 13. The number of piperidine rings is 1. The van der Waals surface area contributed by atoms with Crippen LogP contribution in [-0.2, 0) is 27.2 Å². The van der Waals surface area contributed by atoms with Crippen molar-refractivity contribution < 1.29 is 59.5 Å². The minimum Gasteiger partial charge on any atom is -0.508 e. The summed E-state index contributed by atoms with van der Waals surface area (Å²) in [4.78, 5) is 36.9. The van der Waals surface area contributed by atoms with E-state index in [1.807, 2.05) is 55.6 Å². The molecule has 13 atom stereocenters. The molecule has 0 radical (unpaired) electrons. The molecule has 1 saturated heterocycles. The first kappa shape index (κ1) is 59.4. The van der Waals surface area contributed by atoms with Gasteiger partial charge in [-0.05, 0) is 202 Å². The number of phenols is 3. The average Bonchev–Trinajstić information content (AvgIpc) is 1.53. The topological polar surface area (TPSA) is 252 Å². The summed E-state index contributed by atoms with van der Waals surface area (Å²) in [6.45, 7) is 1.66. The number of cyclic esters (lactones) is 1. The number of nitrogens with zero attached hydrogens (tertiary/aromatic N) is 1. The highest BCUT2D eigenvalue weighted by Gasteiger charge is 2.66. The molecule has 4 fully saturated rings. The van der Waals surface area contributed by atoms with E-state index in [4.69, 9.17) is 14.2 Å². The van der Waals surface area contributed by atoms with Gasteiger partial charge in [-0.1, -0.05) is 54.3 Å². The molecule has 2 aliphatic heterocycles. The Kier molecular flexibility index (Phi) is 16.5. The molecule has 3 aromatic heterocycles. The molecule has 3 saturated carbocycles. The van der Waals surface area contributed by atoms with Gasteiger partial charge >= 0.3 is 5.97 Å². The predicted octanol–water partition coefficient (Wildman–Crippen LogP) is 10.7. The Labute approximate surface area is 513 Å². The summed E-state index contributed by atoms with van der Waals surface area (Å²) in [6, 6.07) is 28.3. The van der Waals surface area contributed by atoms with Gasteiger partial charge in [0.25, 0.3) is 0 Å². The number of aryl methyl sites for hydroxylation is 1. The predicted molar refractivity (Wildman–Crippen MR) is 335 cm³/mol. The summed E-state index contributed by atoms with van der Waals surface area (Å²) in [5, 5.41) is 83.1. The number of phenolic OH excluding ortho intramolecular Hbond substituents is 3. The molecule has 2 spiro atoms. The fourth-order valence-corrected chi connectivity index (χ4v) is 17.9. The van der Waals surface area contributed by atoms with E-state index in [1.165, 1.54) is 6.07 Å². The third kappa shape index (κ3) is 10.9. The maximum Gasteiger partial charge on any atom is 0.318 e. The van der Waals surface area contributed by atoms with Gasteiger partial charge in [0.15, 0.2) is 23.0 Å². The fourth-order valence-electron chi connectivity index (χ4n) is 17.9. The van der Waals surface area contributed by atoms with E-state index in [2.05, 4.69) is 62.0 Å². The summed E-state index contributed by atoms with van der Waals surface area (Å²) in [5.74, 6) is 5.66. The number of allylic oxidation sites excluding steroid dienone is 1. The van der Waals surface area contributed by atoms with Gasteiger partial charge in [0.1, 0.15) is 30.7 Å². The van der Waals surface area contributed by atoms with Crippen LogP contribution in [0.3, 0.4) is 0 Å². The second-order valence-corrected chi connectivity index (χ2v) is 26.3. The number of aliphatic hydroxyl groups excluding tert-OH is 4. The minimum absolute atomic E-state index is 0.00207. The van der Waals surface area contributed by atoms with E-state index in [0.717, 1.165) is 92.4 Å². The molecule has 10 N–H and O–H groups in total. The monoisotopic (exact) mass is 1190 g/mol. The number of methoxy groups -OCH3 is 1. The Morgan fingerprint density at radius 3 is 2.52 bits per heavy atom. The van der Waals surface area contributed by atoms with Gasteiger partial charge in [-0.3, -0.25) is 9.59 Å². The summed E-state index contributed by atoms with van der Waals surface area (Å²) < 4.78 is 20.4. The second kappa shape index (κ2) is 24.5. The first-order chi connectivity index (χ1) is 42.7. The molecule has 88 heavy (non-hydrogen) atoms. The molecular formula is C72H82N4O12. The second-order valence-electron chi connectivity index (χ2n) is 26.3. The van der Waals surface area contributed by atoms with Gasteiger partial charge in [0, 0.05) is 65.7 Å². The number of aromatic hydroxyl groups is 3. The zero-order valence-corrected chi connectivity index (χ0v) is 50.2. The third-order valence-electron chi connectivity index (χ3n) is 21.3. The highest BCUT2D eigenvalue weighted by molar-refractivity contribution is 5.94. The standard InChI is InChI=1S/C72H82N4O12/c1-41(79)58-21-23-67(76-61-24-25-73-60(61)37-62(76)43-9-7-11-46(80)30-43)72(75-58)40-71(39-45(72)10-8-26-77)38-44-31-56-53-35-64(84)65(86-2)36-54(53)55(69(44)52-20-18-47(81)34-57(52)71)33-48(82)32-49(19-16-42-17-22-63(83)66(29-42)87-28-27-78)88-68(85)15-6-4-13-51-50-12-3-5-14-59(50)74-70(51)56/h3,5,7,9,11-12,14,17,22,24-25,29-31,35-37,41,44-45,47,49,52,55,57-58,67,69,73-75,77-81,83-84H,8,10,13,15-16,18-21,23,26-28,32-34,38-40H2,1-2H3/t41-,44-,45+,47+,49+,52+,55+,57+,58+,67-,69+,71+,72+/m0/s1. The summed E-state index contributed by atoms with van der Waals surface area (Å²) in [7, 11) is 1.54. The van der Waals surface area contributed by atoms with E-state index < -0.39 is 41.2 Å². The van der Waals surface area contributed by atoms with Gasteiger partial charge < -0.3 is 69.8 Å². The van der Waals surface area contributed by atoms with E-state index in [1.54, 1.807) is 25.3 Å². The number of aromatic nitrogens is 3. The maximum absolute atomic E-state index is 15.6. The van der Waals surface area contributed by atoms with E-state index in [9.17, 15) is 40.5 Å².